The number of hydrogen-bond acceptors (Lipinski definition) is 1. The summed E-state index contributed by atoms with van der Waals surface area (Å²) in [5.41, 5.74) is 6.37. The third-order valence-corrected chi connectivity index (χ3v) is 4.63. The van der Waals surface area contributed by atoms with Crippen molar-refractivity contribution in [3.8, 4) is 0 Å². The lowest BCUT2D eigenvalue weighted by atomic mass is 9.87. The largest absolute Gasteiger partial charge is 0.314 e. The zero-order valence-corrected chi connectivity index (χ0v) is 15.5. The second-order valence-electron chi connectivity index (χ2n) is 7.56. The van der Waals surface area contributed by atoms with Crippen molar-refractivity contribution in [2.24, 2.45) is 0 Å². The molecule has 25 heavy (non-hydrogen) atoms. The lowest BCUT2D eigenvalue weighted by Gasteiger charge is -2.30. The van der Waals surface area contributed by atoms with Crippen LogP contribution < -0.4 is 4.90 Å². The highest BCUT2D eigenvalue weighted by Gasteiger charge is 2.18. The Morgan fingerprint density at radius 1 is 1.00 bits per heavy atom. The number of hydrogen-bond donors (Lipinski definition) is 0. The highest BCUT2D eigenvalue weighted by Crippen LogP contribution is 2.35. The fourth-order valence-electron chi connectivity index (χ4n) is 3.16. The van der Waals surface area contributed by atoms with Gasteiger partial charge in [0.15, 0.2) is 0 Å². The molecule has 0 aliphatic heterocycles. The smallest absolute Gasteiger partial charge is 0.0464 e. The first-order valence-electron chi connectivity index (χ1n) is 8.98. The topological polar surface area (TPSA) is 3.24 Å². The minimum absolute atomic E-state index is 0.166. The Bertz CT molecular complexity index is 801. The summed E-state index contributed by atoms with van der Waals surface area (Å²) in [5, 5.41) is 0. The zero-order valence-electron chi connectivity index (χ0n) is 15.5. The zero-order chi connectivity index (χ0) is 17.9. The van der Waals surface area contributed by atoms with E-state index in [4.69, 9.17) is 0 Å². The van der Waals surface area contributed by atoms with Gasteiger partial charge in [0.1, 0.15) is 0 Å². The number of anilines is 2. The molecule has 1 heteroatoms. The molecule has 0 amide bonds. The lowest BCUT2D eigenvalue weighted by Crippen LogP contribution is -2.18. The van der Waals surface area contributed by atoms with Crippen LogP contribution in [0.5, 0.6) is 0 Å². The molecule has 0 saturated carbocycles. The Labute approximate surface area is 152 Å². The molecule has 1 nitrogen and oxygen atoms in total. The van der Waals surface area contributed by atoms with E-state index in [1.54, 1.807) is 0 Å². The van der Waals surface area contributed by atoms with Gasteiger partial charge in [0, 0.05) is 17.1 Å². The lowest BCUT2D eigenvalue weighted by molar-refractivity contribution is 0.590. The van der Waals surface area contributed by atoms with Crippen LogP contribution in [0.25, 0.3) is 6.08 Å². The predicted octanol–water partition coefficient (Wildman–Crippen LogP) is 7.00. The summed E-state index contributed by atoms with van der Waals surface area (Å²) in [4.78, 5) is 2.36. The maximum atomic E-state index is 3.91. The fraction of sp³-hybridized carbons (Fsp3) is 0.250. The Kier molecular flexibility index (Phi) is 4.94. The van der Waals surface area contributed by atoms with E-state index in [0.29, 0.717) is 0 Å². The van der Waals surface area contributed by atoms with E-state index in [-0.39, 0.29) is 5.41 Å². The van der Waals surface area contributed by atoms with E-state index in [2.05, 4.69) is 99.0 Å². The molecule has 3 rings (SSSR count). The van der Waals surface area contributed by atoms with Crippen molar-refractivity contribution in [2.75, 3.05) is 4.90 Å². The molecule has 1 aliphatic carbocycles. The summed E-state index contributed by atoms with van der Waals surface area (Å²) in [6, 6.07) is 17.5. The molecular weight excluding hydrogens is 302 g/mol. The number of rotatable bonds is 4. The third-order valence-electron chi connectivity index (χ3n) is 4.63. The number of allylic oxidation sites excluding steroid dienone is 4. The van der Waals surface area contributed by atoms with Crippen LogP contribution in [0.4, 0.5) is 11.4 Å². The van der Waals surface area contributed by atoms with Gasteiger partial charge in [-0.3, -0.25) is 0 Å². The van der Waals surface area contributed by atoms with Gasteiger partial charge in [-0.05, 0) is 59.7 Å². The highest BCUT2D eigenvalue weighted by atomic mass is 15.1. The van der Waals surface area contributed by atoms with Crippen molar-refractivity contribution < 1.29 is 0 Å². The Balaban J connectivity index is 2.06. The van der Waals surface area contributed by atoms with Gasteiger partial charge < -0.3 is 4.90 Å². The van der Waals surface area contributed by atoms with Gasteiger partial charge in [-0.15, -0.1) is 0 Å². The first-order chi connectivity index (χ1) is 12.0. The van der Waals surface area contributed by atoms with Gasteiger partial charge >= 0.3 is 0 Å². The maximum Gasteiger partial charge on any atom is 0.0464 e. The van der Waals surface area contributed by atoms with E-state index in [1.807, 2.05) is 6.08 Å². The highest BCUT2D eigenvalue weighted by molar-refractivity contribution is 5.71. The predicted molar refractivity (Wildman–Crippen MR) is 110 cm³/mol. The van der Waals surface area contributed by atoms with Crippen molar-refractivity contribution in [1.29, 1.82) is 0 Å². The quantitative estimate of drug-likeness (QED) is 0.583. The van der Waals surface area contributed by atoms with Crippen LogP contribution in [0.2, 0.25) is 0 Å². The standard InChI is InChI=1S/C24H27N/c1-5-19-10-9-13-23(18-19)25(21-11-7-6-8-12-21)22-16-14-20(15-17-22)24(2,3)4/h5-7,9-11,13-18H,1,8,12H2,2-4H3. The molecule has 0 saturated heterocycles. The molecule has 2 aromatic carbocycles. The molecule has 0 radical (unpaired) electrons. The number of benzene rings is 2. The second-order valence-corrected chi connectivity index (χ2v) is 7.56. The van der Waals surface area contributed by atoms with Crippen LogP contribution in [0.1, 0.15) is 44.7 Å². The summed E-state index contributed by atoms with van der Waals surface area (Å²) in [6.45, 7) is 10.7. The first-order valence-corrected chi connectivity index (χ1v) is 8.98. The number of nitrogens with zero attached hydrogens (tertiary/aromatic N) is 1. The molecule has 1 aliphatic rings. The van der Waals surface area contributed by atoms with Crippen molar-refractivity contribution in [1.82, 2.24) is 0 Å². The molecule has 0 spiro atoms. The summed E-state index contributed by atoms with van der Waals surface area (Å²) in [7, 11) is 0. The Hall–Kier alpha value is -2.54. The van der Waals surface area contributed by atoms with Crippen LogP contribution in [0.3, 0.4) is 0 Å². The van der Waals surface area contributed by atoms with Crippen molar-refractivity contribution >= 4 is 17.5 Å². The minimum Gasteiger partial charge on any atom is -0.314 e. The molecule has 0 aromatic heterocycles. The van der Waals surface area contributed by atoms with E-state index >= 15 is 0 Å². The molecule has 2 aromatic rings. The van der Waals surface area contributed by atoms with Crippen molar-refractivity contribution in [3.05, 3.63) is 90.2 Å². The molecule has 0 atom stereocenters. The SMILES string of the molecule is C=Cc1cccc(N(C2=CC=CCC2)c2ccc(C(C)(C)C)cc2)c1. The first kappa shape index (κ1) is 17.3. The molecule has 0 unspecified atom stereocenters. The van der Waals surface area contributed by atoms with Crippen LogP contribution in [0.15, 0.2) is 79.0 Å². The van der Waals surface area contributed by atoms with Crippen LogP contribution >= 0.6 is 0 Å². The molecule has 0 bridgehead atoms. The van der Waals surface area contributed by atoms with Gasteiger partial charge in [0.05, 0.1) is 0 Å². The van der Waals surface area contributed by atoms with Gasteiger partial charge in [0.2, 0.25) is 0 Å². The van der Waals surface area contributed by atoms with Crippen LogP contribution in [0, 0.1) is 0 Å². The third kappa shape index (κ3) is 3.93. The maximum absolute atomic E-state index is 3.91. The average molecular weight is 329 g/mol. The molecular formula is C24H27N. The molecule has 128 valence electrons. The Morgan fingerprint density at radius 2 is 1.76 bits per heavy atom. The fourth-order valence-corrected chi connectivity index (χ4v) is 3.16. The molecule has 0 heterocycles. The summed E-state index contributed by atoms with van der Waals surface area (Å²) in [6.07, 6.45) is 10.7. The van der Waals surface area contributed by atoms with Gasteiger partial charge in [-0.25, -0.2) is 0 Å². The van der Waals surface area contributed by atoms with Crippen LogP contribution in [-0.4, -0.2) is 0 Å². The van der Waals surface area contributed by atoms with E-state index < -0.39 is 0 Å². The summed E-state index contributed by atoms with van der Waals surface area (Å²) >= 11 is 0. The van der Waals surface area contributed by atoms with E-state index in [0.717, 1.165) is 18.4 Å². The van der Waals surface area contributed by atoms with Gasteiger partial charge in [-0.2, -0.15) is 0 Å². The van der Waals surface area contributed by atoms with Gasteiger partial charge in [-0.1, -0.05) is 69.8 Å². The minimum atomic E-state index is 0.166. The Morgan fingerprint density at radius 3 is 2.36 bits per heavy atom. The van der Waals surface area contributed by atoms with Gasteiger partial charge in [0.25, 0.3) is 0 Å². The summed E-state index contributed by atoms with van der Waals surface area (Å²) in [5.74, 6) is 0. The average Bonchev–Trinajstić information content (AvgIpc) is 2.63. The van der Waals surface area contributed by atoms with Crippen molar-refractivity contribution in [2.45, 2.75) is 39.0 Å². The van der Waals surface area contributed by atoms with E-state index in [9.17, 15) is 0 Å². The van der Waals surface area contributed by atoms with E-state index in [1.165, 1.54) is 22.6 Å². The van der Waals surface area contributed by atoms with Crippen molar-refractivity contribution in [3.63, 3.8) is 0 Å². The molecule has 0 fully saturated rings. The monoisotopic (exact) mass is 329 g/mol. The van der Waals surface area contributed by atoms with Crippen LogP contribution in [-0.2, 0) is 5.41 Å². The molecule has 0 N–H and O–H groups in total. The summed E-state index contributed by atoms with van der Waals surface area (Å²) < 4.78 is 0. The second kappa shape index (κ2) is 7.14. The normalized spacial score (nSPS) is 14.1.